The Morgan fingerprint density at radius 1 is 1.44 bits per heavy atom. The number of rotatable bonds is 5. The zero-order valence-electron chi connectivity index (χ0n) is 12.1. The van der Waals surface area contributed by atoms with E-state index < -0.39 is 0 Å². The molecule has 3 nitrogen and oxygen atoms in total. The first kappa shape index (κ1) is 13.6. The first-order chi connectivity index (χ1) is 8.67. The van der Waals surface area contributed by atoms with Crippen molar-refractivity contribution in [2.45, 2.75) is 64.3 Å². The lowest BCUT2D eigenvalue weighted by molar-refractivity contribution is 0.307. The fourth-order valence-corrected chi connectivity index (χ4v) is 3.00. The van der Waals surface area contributed by atoms with Gasteiger partial charge in [0, 0.05) is 23.3 Å². The van der Waals surface area contributed by atoms with Gasteiger partial charge in [-0.1, -0.05) is 26.7 Å². The number of hydrogen-bond acceptors (Lipinski definition) is 2. The van der Waals surface area contributed by atoms with Crippen molar-refractivity contribution in [1.29, 1.82) is 0 Å². The minimum absolute atomic E-state index is 0.308. The van der Waals surface area contributed by atoms with Crippen molar-refractivity contribution in [3.63, 3.8) is 0 Å². The van der Waals surface area contributed by atoms with Crippen LogP contribution in [-0.2, 0) is 5.41 Å². The third kappa shape index (κ3) is 2.77. The Balaban J connectivity index is 2.15. The van der Waals surface area contributed by atoms with Gasteiger partial charge in [-0.2, -0.15) is 0 Å². The second kappa shape index (κ2) is 5.87. The Hall–Kier alpha value is -0.830. The van der Waals surface area contributed by atoms with Crippen molar-refractivity contribution in [3.05, 3.63) is 18.2 Å². The quantitative estimate of drug-likeness (QED) is 0.868. The fraction of sp³-hybridized carbons (Fsp3) is 0.800. The van der Waals surface area contributed by atoms with Crippen molar-refractivity contribution in [3.8, 4) is 0 Å². The van der Waals surface area contributed by atoms with Crippen LogP contribution < -0.4 is 5.32 Å². The van der Waals surface area contributed by atoms with Gasteiger partial charge in [0.05, 0.1) is 6.33 Å². The highest BCUT2D eigenvalue weighted by molar-refractivity contribution is 5.16. The summed E-state index contributed by atoms with van der Waals surface area (Å²) in [5.41, 5.74) is 1.75. The number of aromatic nitrogens is 2. The van der Waals surface area contributed by atoms with E-state index in [1.807, 2.05) is 6.33 Å². The molecule has 1 fully saturated rings. The number of piperidine rings is 1. The van der Waals surface area contributed by atoms with Crippen LogP contribution >= 0.6 is 0 Å². The first-order valence-corrected chi connectivity index (χ1v) is 7.40. The van der Waals surface area contributed by atoms with Gasteiger partial charge in [-0.25, -0.2) is 4.98 Å². The minimum atomic E-state index is 0.308. The van der Waals surface area contributed by atoms with Crippen LogP contribution in [0.5, 0.6) is 0 Å². The molecule has 0 radical (unpaired) electrons. The molecular formula is C15H27N3. The largest absolute Gasteiger partial charge is 0.331 e. The van der Waals surface area contributed by atoms with Gasteiger partial charge in [0.2, 0.25) is 0 Å². The van der Waals surface area contributed by atoms with Crippen LogP contribution in [0.2, 0.25) is 0 Å². The lowest BCUT2D eigenvalue weighted by Crippen LogP contribution is -2.39. The maximum absolute atomic E-state index is 4.41. The zero-order chi connectivity index (χ0) is 13.0. The Morgan fingerprint density at radius 3 is 2.83 bits per heavy atom. The maximum atomic E-state index is 4.41. The predicted molar refractivity (Wildman–Crippen MR) is 75.9 cm³/mol. The molecule has 2 heterocycles. The number of imidazole rings is 1. The molecular weight excluding hydrogens is 222 g/mol. The van der Waals surface area contributed by atoms with E-state index in [1.54, 1.807) is 0 Å². The van der Waals surface area contributed by atoms with E-state index in [-0.39, 0.29) is 0 Å². The second-order valence-corrected chi connectivity index (χ2v) is 5.99. The molecule has 1 aliphatic heterocycles. The van der Waals surface area contributed by atoms with Gasteiger partial charge >= 0.3 is 0 Å². The lowest BCUT2D eigenvalue weighted by atomic mass is 9.78. The van der Waals surface area contributed by atoms with Gasteiger partial charge in [-0.15, -0.1) is 0 Å². The summed E-state index contributed by atoms with van der Waals surface area (Å²) < 4.78 is 2.42. The predicted octanol–water partition coefficient (Wildman–Crippen LogP) is 3.28. The van der Waals surface area contributed by atoms with Crippen molar-refractivity contribution >= 4 is 0 Å². The van der Waals surface area contributed by atoms with Crippen LogP contribution in [0.1, 0.15) is 64.6 Å². The molecule has 1 N–H and O–H groups in total. The molecule has 2 rings (SSSR count). The van der Waals surface area contributed by atoms with E-state index in [9.17, 15) is 0 Å². The van der Waals surface area contributed by atoms with Gasteiger partial charge in [0.15, 0.2) is 0 Å². The molecule has 1 saturated heterocycles. The van der Waals surface area contributed by atoms with E-state index in [2.05, 4.69) is 41.8 Å². The first-order valence-electron chi connectivity index (χ1n) is 7.40. The summed E-state index contributed by atoms with van der Waals surface area (Å²) >= 11 is 0. The monoisotopic (exact) mass is 249 g/mol. The Labute approximate surface area is 111 Å². The fourth-order valence-electron chi connectivity index (χ4n) is 3.00. The second-order valence-electron chi connectivity index (χ2n) is 5.99. The molecule has 0 amide bonds. The SMILES string of the molecule is CCCCC(C)n1cncc1C1(C)CCNCC1. The highest BCUT2D eigenvalue weighted by atomic mass is 15.1. The van der Waals surface area contributed by atoms with E-state index in [0.717, 1.165) is 13.1 Å². The molecule has 1 aromatic rings. The molecule has 0 bridgehead atoms. The molecule has 0 aromatic carbocycles. The average Bonchev–Trinajstić information content (AvgIpc) is 2.87. The van der Waals surface area contributed by atoms with Crippen LogP contribution in [0.15, 0.2) is 12.5 Å². The summed E-state index contributed by atoms with van der Waals surface area (Å²) in [6.45, 7) is 9.24. The molecule has 3 heteroatoms. The molecule has 1 aliphatic rings. The van der Waals surface area contributed by atoms with Crippen molar-refractivity contribution in [2.75, 3.05) is 13.1 Å². The molecule has 102 valence electrons. The molecule has 18 heavy (non-hydrogen) atoms. The molecule has 1 atom stereocenters. The maximum Gasteiger partial charge on any atom is 0.0950 e. The van der Waals surface area contributed by atoms with Crippen LogP contribution in [0.4, 0.5) is 0 Å². The van der Waals surface area contributed by atoms with E-state index >= 15 is 0 Å². The normalized spacial score (nSPS) is 20.8. The summed E-state index contributed by atoms with van der Waals surface area (Å²) in [4.78, 5) is 4.41. The number of nitrogens with one attached hydrogen (secondary N) is 1. The molecule has 1 aromatic heterocycles. The highest BCUT2D eigenvalue weighted by Gasteiger charge is 2.32. The van der Waals surface area contributed by atoms with Gasteiger partial charge in [0.1, 0.15) is 0 Å². The summed E-state index contributed by atoms with van der Waals surface area (Å²) in [5, 5.41) is 3.46. The number of unbranched alkanes of at least 4 members (excludes halogenated alkanes) is 1. The molecule has 0 spiro atoms. The number of nitrogens with zero attached hydrogens (tertiary/aromatic N) is 2. The Morgan fingerprint density at radius 2 is 2.17 bits per heavy atom. The average molecular weight is 249 g/mol. The van der Waals surface area contributed by atoms with Crippen molar-refractivity contribution < 1.29 is 0 Å². The van der Waals surface area contributed by atoms with E-state index in [4.69, 9.17) is 0 Å². The summed E-state index contributed by atoms with van der Waals surface area (Å²) in [5.74, 6) is 0. The highest BCUT2D eigenvalue weighted by Crippen LogP contribution is 2.34. The van der Waals surface area contributed by atoms with Crippen LogP contribution in [0, 0.1) is 0 Å². The zero-order valence-corrected chi connectivity index (χ0v) is 12.1. The van der Waals surface area contributed by atoms with Gasteiger partial charge < -0.3 is 9.88 Å². The third-order valence-electron chi connectivity index (χ3n) is 4.44. The van der Waals surface area contributed by atoms with E-state index in [1.165, 1.54) is 37.8 Å². The smallest absolute Gasteiger partial charge is 0.0950 e. The summed E-state index contributed by atoms with van der Waals surface area (Å²) in [7, 11) is 0. The topological polar surface area (TPSA) is 29.9 Å². The van der Waals surface area contributed by atoms with Crippen LogP contribution in [0.25, 0.3) is 0 Å². The molecule has 0 saturated carbocycles. The van der Waals surface area contributed by atoms with E-state index in [0.29, 0.717) is 11.5 Å². The summed E-state index contributed by atoms with van der Waals surface area (Å²) in [6, 6.07) is 0.578. The summed E-state index contributed by atoms with van der Waals surface area (Å²) in [6.07, 6.45) is 10.4. The standard InChI is InChI=1S/C15H27N3/c1-4-5-6-13(2)18-12-17-11-14(18)15(3)7-9-16-10-8-15/h11-13,16H,4-10H2,1-3H3. The van der Waals surface area contributed by atoms with Gasteiger partial charge in [-0.3, -0.25) is 0 Å². The lowest BCUT2D eigenvalue weighted by Gasteiger charge is -2.35. The number of hydrogen-bond donors (Lipinski definition) is 1. The third-order valence-corrected chi connectivity index (χ3v) is 4.44. The van der Waals surface area contributed by atoms with Crippen molar-refractivity contribution in [2.24, 2.45) is 0 Å². The van der Waals surface area contributed by atoms with Crippen LogP contribution in [0.3, 0.4) is 0 Å². The Bertz CT molecular complexity index is 364. The Kier molecular flexibility index (Phi) is 4.44. The van der Waals surface area contributed by atoms with Crippen molar-refractivity contribution in [1.82, 2.24) is 14.9 Å². The van der Waals surface area contributed by atoms with Gasteiger partial charge in [0.25, 0.3) is 0 Å². The minimum Gasteiger partial charge on any atom is -0.331 e. The van der Waals surface area contributed by atoms with Gasteiger partial charge in [-0.05, 0) is 39.3 Å². The molecule has 1 unspecified atom stereocenters. The van der Waals surface area contributed by atoms with Crippen LogP contribution in [-0.4, -0.2) is 22.6 Å². The molecule has 0 aliphatic carbocycles.